The highest BCUT2D eigenvalue weighted by Crippen LogP contribution is 2.26. The smallest absolute Gasteiger partial charge is 0.326 e. The fourth-order valence-corrected chi connectivity index (χ4v) is 3.05. The summed E-state index contributed by atoms with van der Waals surface area (Å²) in [7, 11) is 1.45. The number of benzene rings is 1. The van der Waals surface area contributed by atoms with E-state index in [1.165, 1.54) is 25.3 Å². The van der Waals surface area contributed by atoms with Gasteiger partial charge in [-0.05, 0) is 31.0 Å². The van der Waals surface area contributed by atoms with E-state index >= 15 is 0 Å². The molecule has 0 spiro atoms. The first-order valence-electron chi connectivity index (χ1n) is 8.44. The molecule has 0 saturated carbocycles. The maximum Gasteiger partial charge on any atom is 0.326 e. The summed E-state index contributed by atoms with van der Waals surface area (Å²) in [6, 6.07) is 3.79. The highest BCUT2D eigenvalue weighted by atomic mass is 35.5. The Labute approximate surface area is 161 Å². The summed E-state index contributed by atoms with van der Waals surface area (Å²) in [6.07, 6.45) is 0.826. The Hall–Kier alpha value is -2.61. The molecule has 1 aromatic rings. The molecule has 0 aromatic heterocycles. The Bertz CT molecular complexity index is 775. The zero-order chi connectivity index (χ0) is 20.2. The number of imide groups is 1. The van der Waals surface area contributed by atoms with Gasteiger partial charge in [0, 0.05) is 5.56 Å². The number of rotatable bonds is 8. The molecule has 1 heterocycles. The van der Waals surface area contributed by atoms with E-state index in [-0.39, 0.29) is 10.6 Å². The highest BCUT2D eigenvalue weighted by Gasteiger charge is 2.49. The zero-order valence-corrected chi connectivity index (χ0v) is 16.1. The number of carbonyl (C=O) groups excluding carboxylic acids is 4. The molecule has 1 aromatic carbocycles. The van der Waals surface area contributed by atoms with Crippen LogP contribution in [0.2, 0.25) is 5.02 Å². The molecule has 0 unspecified atom stereocenters. The lowest BCUT2D eigenvalue weighted by Gasteiger charge is -2.22. The minimum atomic E-state index is -0.993. The Balaban J connectivity index is 1.94. The zero-order valence-electron chi connectivity index (χ0n) is 15.3. The van der Waals surface area contributed by atoms with E-state index in [4.69, 9.17) is 21.1 Å². The minimum Gasteiger partial charge on any atom is -0.495 e. The third-order valence-electron chi connectivity index (χ3n) is 4.58. The van der Waals surface area contributed by atoms with E-state index in [2.05, 4.69) is 5.32 Å². The standard InChI is InChI=1S/C18H21ClN2O6/c1-4-18(5-2)16(24)21(17(25)20-18)9-15(23)27-10-13(22)11-6-7-14(26-3)12(19)8-11/h6-8H,4-5,9-10H2,1-3H3,(H,20,25). The van der Waals surface area contributed by atoms with Crippen LogP contribution in [0.4, 0.5) is 4.79 Å². The number of carbonyl (C=O) groups is 4. The van der Waals surface area contributed by atoms with E-state index in [0.717, 1.165) is 4.90 Å². The van der Waals surface area contributed by atoms with Gasteiger partial charge in [-0.25, -0.2) is 4.79 Å². The van der Waals surface area contributed by atoms with E-state index in [0.29, 0.717) is 18.6 Å². The molecule has 0 radical (unpaired) electrons. The van der Waals surface area contributed by atoms with Gasteiger partial charge < -0.3 is 14.8 Å². The number of urea groups is 1. The van der Waals surface area contributed by atoms with Crippen molar-refractivity contribution in [1.29, 1.82) is 0 Å². The van der Waals surface area contributed by atoms with Crippen LogP contribution in [0.5, 0.6) is 5.75 Å². The largest absolute Gasteiger partial charge is 0.495 e. The summed E-state index contributed by atoms with van der Waals surface area (Å²) in [5.74, 6) is -1.38. The van der Waals surface area contributed by atoms with E-state index in [9.17, 15) is 19.2 Å². The SMILES string of the molecule is CCC1(CC)NC(=O)N(CC(=O)OCC(=O)c2ccc(OC)c(Cl)c2)C1=O. The van der Waals surface area contributed by atoms with Crippen molar-refractivity contribution in [2.24, 2.45) is 0 Å². The van der Waals surface area contributed by atoms with Gasteiger partial charge in [0.2, 0.25) is 0 Å². The molecule has 0 aliphatic carbocycles. The number of ether oxygens (including phenoxy) is 2. The van der Waals surface area contributed by atoms with Crippen LogP contribution in [0.25, 0.3) is 0 Å². The van der Waals surface area contributed by atoms with Gasteiger partial charge in [-0.3, -0.25) is 19.3 Å². The minimum absolute atomic E-state index is 0.250. The molecule has 3 amide bonds. The predicted octanol–water partition coefficient (Wildman–Crippen LogP) is 2.19. The van der Waals surface area contributed by atoms with Crippen LogP contribution in [-0.4, -0.2) is 54.4 Å². The van der Waals surface area contributed by atoms with Gasteiger partial charge in [0.15, 0.2) is 12.4 Å². The number of nitrogens with zero attached hydrogens (tertiary/aromatic N) is 1. The third-order valence-corrected chi connectivity index (χ3v) is 4.87. The van der Waals surface area contributed by atoms with Crippen LogP contribution < -0.4 is 10.1 Å². The van der Waals surface area contributed by atoms with Crippen molar-refractivity contribution in [3.63, 3.8) is 0 Å². The van der Waals surface area contributed by atoms with E-state index in [1.54, 1.807) is 13.8 Å². The normalized spacial score (nSPS) is 15.5. The molecule has 1 saturated heterocycles. The number of Topliss-reactive ketones (excluding diaryl/α,β-unsaturated/α-hetero) is 1. The van der Waals surface area contributed by atoms with Gasteiger partial charge in [-0.2, -0.15) is 0 Å². The second kappa shape index (κ2) is 8.39. The lowest BCUT2D eigenvalue weighted by Crippen LogP contribution is -2.46. The number of hydrogen-bond donors (Lipinski definition) is 1. The second-order valence-electron chi connectivity index (χ2n) is 6.04. The van der Waals surface area contributed by atoms with E-state index in [1.807, 2.05) is 0 Å². The van der Waals surface area contributed by atoms with Gasteiger partial charge in [0.1, 0.15) is 17.8 Å². The molecule has 0 bridgehead atoms. The Morgan fingerprint density at radius 3 is 2.41 bits per heavy atom. The second-order valence-corrected chi connectivity index (χ2v) is 6.45. The summed E-state index contributed by atoms with van der Waals surface area (Å²) < 4.78 is 9.92. The van der Waals surface area contributed by atoms with E-state index < -0.39 is 42.4 Å². The number of amides is 3. The lowest BCUT2D eigenvalue weighted by atomic mass is 9.93. The Kier molecular flexibility index (Phi) is 6.43. The van der Waals surface area contributed by atoms with Crippen LogP contribution in [-0.2, 0) is 14.3 Å². The van der Waals surface area contributed by atoms with Gasteiger partial charge in [0.25, 0.3) is 5.91 Å². The number of methoxy groups -OCH3 is 1. The average Bonchev–Trinajstić information content (AvgIpc) is 2.90. The number of ketones is 1. The first-order valence-corrected chi connectivity index (χ1v) is 8.82. The van der Waals surface area contributed by atoms with Crippen LogP contribution in [0.15, 0.2) is 18.2 Å². The molecule has 1 aliphatic heterocycles. The fourth-order valence-electron chi connectivity index (χ4n) is 2.79. The van der Waals surface area contributed by atoms with Crippen molar-refractivity contribution in [3.05, 3.63) is 28.8 Å². The van der Waals surface area contributed by atoms with Crippen molar-refractivity contribution in [2.45, 2.75) is 32.2 Å². The summed E-state index contributed by atoms with van der Waals surface area (Å²) >= 11 is 5.96. The topological polar surface area (TPSA) is 102 Å². The number of halogens is 1. The van der Waals surface area contributed by atoms with Crippen LogP contribution in [0.1, 0.15) is 37.0 Å². The van der Waals surface area contributed by atoms with Crippen molar-refractivity contribution >= 4 is 35.3 Å². The van der Waals surface area contributed by atoms with Gasteiger partial charge in [-0.15, -0.1) is 0 Å². The van der Waals surface area contributed by atoms with Crippen LogP contribution in [0.3, 0.4) is 0 Å². The van der Waals surface area contributed by atoms with Crippen molar-refractivity contribution in [3.8, 4) is 5.75 Å². The van der Waals surface area contributed by atoms with Gasteiger partial charge in [-0.1, -0.05) is 25.4 Å². The highest BCUT2D eigenvalue weighted by molar-refractivity contribution is 6.32. The molecule has 2 rings (SSSR count). The monoisotopic (exact) mass is 396 g/mol. The van der Waals surface area contributed by atoms with Crippen LogP contribution in [0, 0.1) is 0 Å². The Morgan fingerprint density at radius 1 is 1.22 bits per heavy atom. The predicted molar refractivity (Wildman–Crippen MR) is 96.9 cm³/mol. The van der Waals surface area contributed by atoms with Crippen molar-refractivity contribution in [2.75, 3.05) is 20.3 Å². The summed E-state index contributed by atoms with van der Waals surface area (Å²) in [6.45, 7) is 2.48. The molecule has 1 N–H and O–H groups in total. The molecular weight excluding hydrogens is 376 g/mol. The fraction of sp³-hybridized carbons (Fsp3) is 0.444. The molecule has 146 valence electrons. The lowest BCUT2D eigenvalue weighted by molar-refractivity contribution is -0.146. The molecule has 8 nitrogen and oxygen atoms in total. The average molecular weight is 397 g/mol. The van der Waals surface area contributed by atoms with Crippen molar-refractivity contribution in [1.82, 2.24) is 10.2 Å². The van der Waals surface area contributed by atoms with Gasteiger partial charge in [0.05, 0.1) is 12.1 Å². The van der Waals surface area contributed by atoms with Gasteiger partial charge >= 0.3 is 12.0 Å². The van der Waals surface area contributed by atoms with Crippen LogP contribution >= 0.6 is 11.6 Å². The molecule has 27 heavy (non-hydrogen) atoms. The molecule has 9 heteroatoms. The molecular formula is C18H21ClN2O6. The third kappa shape index (κ3) is 4.21. The Morgan fingerprint density at radius 2 is 1.89 bits per heavy atom. The quantitative estimate of drug-likeness (QED) is 0.410. The molecule has 1 aliphatic rings. The number of nitrogens with one attached hydrogen (secondary N) is 1. The summed E-state index contributed by atoms with van der Waals surface area (Å²) in [5.41, 5.74) is -0.743. The molecule has 0 atom stereocenters. The number of hydrogen-bond acceptors (Lipinski definition) is 6. The van der Waals surface area contributed by atoms with Crippen molar-refractivity contribution < 1.29 is 28.7 Å². The first-order chi connectivity index (χ1) is 12.8. The number of esters is 1. The molecule has 1 fully saturated rings. The maximum absolute atomic E-state index is 12.4. The summed E-state index contributed by atoms with van der Waals surface area (Å²) in [4.78, 5) is 49.4. The maximum atomic E-state index is 12.4. The first kappa shape index (κ1) is 20.7. The summed E-state index contributed by atoms with van der Waals surface area (Å²) in [5, 5.41) is 2.87.